The van der Waals surface area contributed by atoms with Crippen LogP contribution in [0.5, 0.6) is 0 Å². The van der Waals surface area contributed by atoms with Crippen molar-refractivity contribution >= 4 is 11.8 Å². The summed E-state index contributed by atoms with van der Waals surface area (Å²) in [5, 5.41) is 6.30. The molecule has 4 rings (SSSR count). The highest BCUT2D eigenvalue weighted by molar-refractivity contribution is 5.97. The van der Waals surface area contributed by atoms with E-state index in [9.17, 15) is 9.59 Å². The van der Waals surface area contributed by atoms with E-state index in [2.05, 4.69) is 22.8 Å². The summed E-state index contributed by atoms with van der Waals surface area (Å²) in [7, 11) is 0. The highest BCUT2D eigenvalue weighted by Gasteiger charge is 2.34. The summed E-state index contributed by atoms with van der Waals surface area (Å²) < 4.78 is 0. The zero-order valence-electron chi connectivity index (χ0n) is 14.4. The number of carbonyl (C=O) groups is 2. The molecule has 2 fully saturated rings. The molecule has 5 heteroatoms. The van der Waals surface area contributed by atoms with Crippen molar-refractivity contribution in [1.29, 1.82) is 0 Å². The van der Waals surface area contributed by atoms with Crippen LogP contribution in [0.3, 0.4) is 0 Å². The highest BCUT2D eigenvalue weighted by atomic mass is 16.2. The van der Waals surface area contributed by atoms with E-state index < -0.39 is 0 Å². The van der Waals surface area contributed by atoms with Crippen molar-refractivity contribution in [1.82, 2.24) is 15.5 Å². The molecule has 1 heterocycles. The number of nitrogens with one attached hydrogen (secondary N) is 2. The molecule has 1 aliphatic heterocycles. The minimum absolute atomic E-state index is 0.0665. The van der Waals surface area contributed by atoms with Crippen molar-refractivity contribution in [3.8, 4) is 0 Å². The van der Waals surface area contributed by atoms with Crippen molar-refractivity contribution in [3.63, 3.8) is 0 Å². The zero-order chi connectivity index (χ0) is 17.2. The largest absolute Gasteiger partial charge is 0.353 e. The van der Waals surface area contributed by atoms with Crippen molar-refractivity contribution in [2.75, 3.05) is 26.2 Å². The first-order chi connectivity index (χ1) is 12.2. The van der Waals surface area contributed by atoms with Crippen LogP contribution in [-0.2, 0) is 11.3 Å². The minimum atomic E-state index is -0.0871. The first-order valence-electron chi connectivity index (χ1n) is 9.23. The quantitative estimate of drug-likeness (QED) is 0.801. The molecule has 2 bridgehead atoms. The molecule has 25 heavy (non-hydrogen) atoms. The average molecular weight is 339 g/mol. The third-order valence-electron chi connectivity index (χ3n) is 5.68. The van der Waals surface area contributed by atoms with Gasteiger partial charge in [0.1, 0.15) is 0 Å². The second kappa shape index (κ2) is 7.00. The second-order valence-electron chi connectivity index (χ2n) is 7.44. The number of piperazine rings is 1. The summed E-state index contributed by atoms with van der Waals surface area (Å²) in [5.74, 6) is 2.22. The van der Waals surface area contributed by atoms with Gasteiger partial charge in [0.15, 0.2) is 0 Å². The number of nitrogens with zero attached hydrogens (tertiary/aromatic N) is 1. The molecule has 1 saturated carbocycles. The third-order valence-corrected chi connectivity index (χ3v) is 5.68. The second-order valence-corrected chi connectivity index (χ2v) is 7.44. The third kappa shape index (κ3) is 3.61. The summed E-state index contributed by atoms with van der Waals surface area (Å²) in [5.41, 5.74) is 1.84. The highest BCUT2D eigenvalue weighted by Crippen LogP contribution is 2.42. The Morgan fingerprint density at radius 2 is 2.04 bits per heavy atom. The lowest BCUT2D eigenvalue weighted by Crippen LogP contribution is -2.49. The summed E-state index contributed by atoms with van der Waals surface area (Å²) in [4.78, 5) is 25.5. The summed E-state index contributed by atoms with van der Waals surface area (Å²) >= 11 is 0. The van der Waals surface area contributed by atoms with Gasteiger partial charge in [-0.2, -0.15) is 0 Å². The lowest BCUT2D eigenvalue weighted by Gasteiger charge is -2.26. The Morgan fingerprint density at radius 1 is 1.20 bits per heavy atom. The number of carbonyl (C=O) groups excluding carboxylic acids is 2. The van der Waals surface area contributed by atoms with E-state index >= 15 is 0 Å². The molecule has 1 saturated heterocycles. The van der Waals surface area contributed by atoms with E-state index in [4.69, 9.17) is 0 Å². The fraction of sp³-hybridized carbons (Fsp3) is 0.500. The normalized spacial score (nSPS) is 27.6. The Bertz CT molecular complexity index is 683. The standard InChI is InChI=1S/C20H25N3O2/c24-19-13-23(8-7-22-19)20(25)16-4-1-14(2-5-16)11-21-12-18-10-15-3-6-17(18)9-15/h1-6,15,17-18,21H,7-13H2,(H,22,24)/t15-,17-,18+/m0/s1. The monoisotopic (exact) mass is 339 g/mol. The maximum absolute atomic E-state index is 12.4. The average Bonchev–Trinajstić information content (AvgIpc) is 3.25. The van der Waals surface area contributed by atoms with E-state index in [1.807, 2.05) is 24.3 Å². The smallest absolute Gasteiger partial charge is 0.254 e. The van der Waals surface area contributed by atoms with Gasteiger partial charge in [0, 0.05) is 25.2 Å². The zero-order valence-corrected chi connectivity index (χ0v) is 14.4. The molecule has 132 valence electrons. The van der Waals surface area contributed by atoms with E-state index in [0.29, 0.717) is 18.7 Å². The van der Waals surface area contributed by atoms with E-state index in [0.717, 1.165) is 30.8 Å². The molecule has 1 aromatic carbocycles. The van der Waals surface area contributed by atoms with Crippen molar-refractivity contribution in [2.45, 2.75) is 19.4 Å². The SMILES string of the molecule is O=C1CN(C(=O)c2ccc(CNC[C@H]3C[C@H]4C=C[C@H]3C4)cc2)CCN1. The Morgan fingerprint density at radius 3 is 2.72 bits per heavy atom. The van der Waals surface area contributed by atoms with E-state index in [1.54, 1.807) is 4.90 Å². The maximum Gasteiger partial charge on any atom is 0.254 e. The van der Waals surface area contributed by atoms with Gasteiger partial charge in [0.2, 0.25) is 5.91 Å². The van der Waals surface area contributed by atoms with Crippen LogP contribution in [0.25, 0.3) is 0 Å². The van der Waals surface area contributed by atoms with Gasteiger partial charge in [-0.25, -0.2) is 0 Å². The van der Waals surface area contributed by atoms with E-state index in [-0.39, 0.29) is 18.4 Å². The first kappa shape index (κ1) is 16.3. The summed E-state index contributed by atoms with van der Waals surface area (Å²) in [6.45, 7) is 3.16. The molecule has 0 radical (unpaired) electrons. The summed E-state index contributed by atoms with van der Waals surface area (Å²) in [6, 6.07) is 7.74. The molecule has 5 nitrogen and oxygen atoms in total. The van der Waals surface area contributed by atoms with Crippen molar-refractivity contribution in [3.05, 3.63) is 47.5 Å². The molecule has 0 unspecified atom stereocenters. The first-order valence-corrected chi connectivity index (χ1v) is 9.23. The maximum atomic E-state index is 12.4. The number of allylic oxidation sites excluding steroid dienone is 2. The van der Waals surface area contributed by atoms with Crippen LogP contribution in [0.15, 0.2) is 36.4 Å². The minimum Gasteiger partial charge on any atom is -0.353 e. The predicted molar refractivity (Wildman–Crippen MR) is 95.9 cm³/mol. The van der Waals surface area contributed by atoms with Crippen molar-refractivity contribution in [2.24, 2.45) is 17.8 Å². The molecule has 2 N–H and O–H groups in total. The molecular formula is C20H25N3O2. The molecule has 0 aromatic heterocycles. The van der Waals surface area contributed by atoms with Gasteiger partial charge in [-0.1, -0.05) is 24.3 Å². The number of hydrogen-bond donors (Lipinski definition) is 2. The molecule has 2 amide bonds. The Kier molecular flexibility index (Phi) is 4.57. The van der Waals surface area contributed by atoms with Crippen LogP contribution in [0.2, 0.25) is 0 Å². The molecule has 3 atom stereocenters. The van der Waals surface area contributed by atoms with Gasteiger partial charge in [-0.3, -0.25) is 9.59 Å². The van der Waals surface area contributed by atoms with Crippen LogP contribution in [-0.4, -0.2) is 42.9 Å². The lowest BCUT2D eigenvalue weighted by molar-refractivity contribution is -0.123. The predicted octanol–water partition coefficient (Wildman–Crippen LogP) is 1.56. The van der Waals surface area contributed by atoms with Gasteiger partial charge in [0.25, 0.3) is 5.91 Å². The van der Waals surface area contributed by atoms with Gasteiger partial charge in [0.05, 0.1) is 6.54 Å². The molecular weight excluding hydrogens is 314 g/mol. The van der Waals surface area contributed by atoms with Crippen molar-refractivity contribution < 1.29 is 9.59 Å². The van der Waals surface area contributed by atoms with Crippen LogP contribution >= 0.6 is 0 Å². The van der Waals surface area contributed by atoms with E-state index in [1.165, 1.54) is 18.4 Å². The number of rotatable bonds is 5. The van der Waals surface area contributed by atoms with Crippen LogP contribution in [0, 0.1) is 17.8 Å². The fourth-order valence-corrected chi connectivity index (χ4v) is 4.29. The Hall–Kier alpha value is -2.14. The number of hydrogen-bond acceptors (Lipinski definition) is 3. The van der Waals surface area contributed by atoms with Crippen LogP contribution < -0.4 is 10.6 Å². The Balaban J connectivity index is 1.27. The Labute approximate surface area is 148 Å². The van der Waals surface area contributed by atoms with Crippen LogP contribution in [0.4, 0.5) is 0 Å². The molecule has 2 aliphatic carbocycles. The van der Waals surface area contributed by atoms with Gasteiger partial charge in [-0.05, 0) is 54.8 Å². The number of amides is 2. The van der Waals surface area contributed by atoms with Crippen LogP contribution in [0.1, 0.15) is 28.8 Å². The van der Waals surface area contributed by atoms with Gasteiger partial charge >= 0.3 is 0 Å². The molecule has 0 spiro atoms. The van der Waals surface area contributed by atoms with Gasteiger partial charge in [-0.15, -0.1) is 0 Å². The fourth-order valence-electron chi connectivity index (χ4n) is 4.29. The molecule has 3 aliphatic rings. The molecule has 1 aromatic rings. The van der Waals surface area contributed by atoms with Gasteiger partial charge < -0.3 is 15.5 Å². The lowest BCUT2D eigenvalue weighted by atomic mass is 9.93. The number of fused-ring (bicyclic) bond motifs is 2. The topological polar surface area (TPSA) is 61.4 Å². The number of benzene rings is 1. The summed E-state index contributed by atoms with van der Waals surface area (Å²) in [6.07, 6.45) is 7.44.